The van der Waals surface area contributed by atoms with Crippen molar-refractivity contribution in [3.05, 3.63) is 48.3 Å². The Morgan fingerprint density at radius 3 is 2.61 bits per heavy atom. The summed E-state index contributed by atoms with van der Waals surface area (Å²) in [5.74, 6) is 0.633. The van der Waals surface area contributed by atoms with Crippen molar-refractivity contribution in [3.63, 3.8) is 0 Å². The third-order valence-corrected chi connectivity index (χ3v) is 6.11. The molecule has 0 spiro atoms. The molecule has 0 bridgehead atoms. The average molecular weight is 420 g/mol. The number of thioether (sulfide) groups is 1. The molecule has 0 radical (unpaired) electrons. The number of aromatic nitrogens is 1. The molecule has 1 amide bonds. The van der Waals surface area contributed by atoms with E-state index in [-0.39, 0.29) is 17.5 Å². The first kappa shape index (κ1) is 20.6. The minimum absolute atomic E-state index is 0.0332. The van der Waals surface area contributed by atoms with E-state index in [1.165, 1.54) is 35.2 Å². The Morgan fingerprint density at radius 2 is 1.93 bits per heavy atom. The molecule has 0 aliphatic heterocycles. The number of fused-ring (bicyclic) bond motifs is 1. The molecule has 1 aromatic heterocycles. The van der Waals surface area contributed by atoms with Gasteiger partial charge in [0.2, 0.25) is 5.91 Å². The van der Waals surface area contributed by atoms with Gasteiger partial charge >= 0.3 is 0 Å². The molecule has 3 rings (SSSR count). The molecule has 0 N–H and O–H groups in total. The summed E-state index contributed by atoms with van der Waals surface area (Å²) in [4.78, 5) is 22.3. The maximum Gasteiger partial charge on any atom is 0.239 e. The van der Waals surface area contributed by atoms with Gasteiger partial charge in [0.05, 0.1) is 17.6 Å². The first-order chi connectivity index (χ1) is 13.5. The number of rotatable bonds is 8. The van der Waals surface area contributed by atoms with Crippen LogP contribution in [0.5, 0.6) is 5.75 Å². The molecule has 5 nitrogen and oxygen atoms in total. The molecule has 8 heteroatoms. The van der Waals surface area contributed by atoms with E-state index in [0.717, 1.165) is 21.7 Å². The lowest BCUT2D eigenvalue weighted by Crippen LogP contribution is -2.37. The average Bonchev–Trinajstić information content (AvgIpc) is 3.11. The molecule has 0 unspecified atom stereocenters. The Kier molecular flexibility index (Phi) is 6.88. The number of amides is 1. The summed E-state index contributed by atoms with van der Waals surface area (Å²) in [7, 11) is 5.55. The van der Waals surface area contributed by atoms with E-state index >= 15 is 0 Å². The van der Waals surface area contributed by atoms with Crippen molar-refractivity contribution < 1.29 is 13.9 Å². The largest absolute Gasteiger partial charge is 0.494 e. The molecule has 0 aliphatic carbocycles. The number of hydrogen-bond donors (Lipinski definition) is 0. The zero-order chi connectivity index (χ0) is 20.1. The van der Waals surface area contributed by atoms with Gasteiger partial charge in [-0.3, -0.25) is 9.69 Å². The van der Waals surface area contributed by atoms with Gasteiger partial charge in [0.15, 0.2) is 5.13 Å². The highest BCUT2D eigenvalue weighted by Gasteiger charge is 2.21. The Labute approximate surface area is 172 Å². The number of halogens is 1. The quantitative estimate of drug-likeness (QED) is 0.514. The van der Waals surface area contributed by atoms with E-state index in [2.05, 4.69) is 4.98 Å². The van der Waals surface area contributed by atoms with Crippen LogP contribution in [0.4, 0.5) is 9.52 Å². The number of nitrogens with zero attached hydrogens (tertiary/aromatic N) is 3. The van der Waals surface area contributed by atoms with Gasteiger partial charge in [-0.15, -0.1) is 11.8 Å². The molecule has 2 aromatic carbocycles. The van der Waals surface area contributed by atoms with Gasteiger partial charge < -0.3 is 9.64 Å². The number of para-hydroxylation sites is 1. The molecule has 1 heterocycles. The minimum atomic E-state index is -0.285. The van der Waals surface area contributed by atoms with Gasteiger partial charge in [0.1, 0.15) is 17.1 Å². The number of thiazole rings is 1. The van der Waals surface area contributed by atoms with E-state index in [9.17, 15) is 9.18 Å². The predicted molar refractivity (Wildman–Crippen MR) is 114 cm³/mol. The third-order valence-electron chi connectivity index (χ3n) is 4.07. The maximum atomic E-state index is 13.1. The standard InChI is InChI=1S/C20H22FN3O2S2/c1-23(2)11-12-24(18(25)13-27-15-9-7-14(21)8-10-15)20-22-19-16(26-3)5-4-6-17(19)28-20/h4-10H,11-13H2,1-3H3. The van der Waals surface area contributed by atoms with Crippen molar-refractivity contribution in [2.45, 2.75) is 4.90 Å². The molecule has 0 saturated heterocycles. The van der Waals surface area contributed by atoms with E-state index < -0.39 is 0 Å². The second kappa shape index (κ2) is 9.36. The predicted octanol–water partition coefficient (Wildman–Crippen LogP) is 4.13. The van der Waals surface area contributed by atoms with Gasteiger partial charge in [-0.05, 0) is 50.5 Å². The van der Waals surface area contributed by atoms with Gasteiger partial charge in [0, 0.05) is 18.0 Å². The topological polar surface area (TPSA) is 45.7 Å². The van der Waals surface area contributed by atoms with Crippen LogP contribution in [0.2, 0.25) is 0 Å². The normalized spacial score (nSPS) is 11.2. The van der Waals surface area contributed by atoms with Crippen molar-refractivity contribution >= 4 is 44.4 Å². The SMILES string of the molecule is COc1cccc2sc(N(CCN(C)C)C(=O)CSc3ccc(F)cc3)nc12. The Hall–Kier alpha value is -2.16. The minimum Gasteiger partial charge on any atom is -0.494 e. The Balaban J connectivity index is 1.81. The summed E-state index contributed by atoms with van der Waals surface area (Å²) in [6, 6.07) is 11.9. The summed E-state index contributed by atoms with van der Waals surface area (Å²) >= 11 is 2.86. The fourth-order valence-electron chi connectivity index (χ4n) is 2.57. The second-order valence-corrected chi connectivity index (χ2v) is 8.45. The number of likely N-dealkylation sites (N-methyl/N-ethyl adjacent to an activating group) is 1. The van der Waals surface area contributed by atoms with Crippen LogP contribution in [0.1, 0.15) is 0 Å². The summed E-state index contributed by atoms with van der Waals surface area (Å²) in [6.45, 7) is 1.26. The first-order valence-corrected chi connectivity index (χ1v) is 10.5. The number of methoxy groups -OCH3 is 1. The van der Waals surface area contributed by atoms with Gasteiger partial charge in [0.25, 0.3) is 0 Å². The molecule has 3 aromatic rings. The van der Waals surface area contributed by atoms with Crippen LogP contribution in [0.25, 0.3) is 10.2 Å². The lowest BCUT2D eigenvalue weighted by molar-refractivity contribution is -0.116. The number of ether oxygens (including phenoxy) is 1. The number of anilines is 1. The molecule has 0 fully saturated rings. The number of benzene rings is 2. The second-order valence-electron chi connectivity index (χ2n) is 6.39. The lowest BCUT2D eigenvalue weighted by atomic mass is 10.3. The zero-order valence-electron chi connectivity index (χ0n) is 16.0. The molecule has 28 heavy (non-hydrogen) atoms. The van der Waals surface area contributed by atoms with Crippen molar-refractivity contribution in [1.29, 1.82) is 0 Å². The van der Waals surface area contributed by atoms with Crippen molar-refractivity contribution in [1.82, 2.24) is 9.88 Å². The highest BCUT2D eigenvalue weighted by Crippen LogP contribution is 2.34. The van der Waals surface area contributed by atoms with Crippen molar-refractivity contribution in [3.8, 4) is 5.75 Å². The fraction of sp³-hybridized carbons (Fsp3) is 0.300. The van der Waals surface area contributed by atoms with Crippen LogP contribution in [0, 0.1) is 5.82 Å². The lowest BCUT2D eigenvalue weighted by Gasteiger charge is -2.21. The first-order valence-electron chi connectivity index (χ1n) is 8.75. The van der Waals surface area contributed by atoms with Crippen molar-refractivity contribution in [2.24, 2.45) is 0 Å². The van der Waals surface area contributed by atoms with Crippen LogP contribution in [0.3, 0.4) is 0 Å². The number of carbonyl (C=O) groups is 1. The van der Waals surface area contributed by atoms with Crippen LogP contribution < -0.4 is 9.64 Å². The highest BCUT2D eigenvalue weighted by atomic mass is 32.2. The van der Waals surface area contributed by atoms with E-state index in [1.807, 2.05) is 37.2 Å². The summed E-state index contributed by atoms with van der Waals surface area (Å²) in [6.07, 6.45) is 0. The van der Waals surface area contributed by atoms with Crippen molar-refractivity contribution in [2.75, 3.05) is 44.9 Å². The van der Waals surface area contributed by atoms with Gasteiger partial charge in [-0.1, -0.05) is 17.4 Å². The summed E-state index contributed by atoms with van der Waals surface area (Å²) in [5.41, 5.74) is 0.763. The van der Waals surface area contributed by atoms with E-state index in [1.54, 1.807) is 24.1 Å². The Bertz CT molecular complexity index is 944. The summed E-state index contributed by atoms with van der Waals surface area (Å²) < 4.78 is 19.4. The zero-order valence-corrected chi connectivity index (χ0v) is 17.6. The van der Waals surface area contributed by atoms with E-state index in [4.69, 9.17) is 4.74 Å². The molecule has 0 atom stereocenters. The summed E-state index contributed by atoms with van der Waals surface area (Å²) in [5, 5.41) is 0.658. The third kappa shape index (κ3) is 5.01. The molecular formula is C20H22FN3O2S2. The van der Waals surface area contributed by atoms with Crippen LogP contribution in [-0.4, -0.2) is 55.8 Å². The molecule has 0 saturated carbocycles. The number of carbonyl (C=O) groups excluding carboxylic acids is 1. The molecular weight excluding hydrogens is 397 g/mol. The Morgan fingerprint density at radius 1 is 1.18 bits per heavy atom. The monoisotopic (exact) mass is 419 g/mol. The maximum absolute atomic E-state index is 13.1. The van der Waals surface area contributed by atoms with Gasteiger partial charge in [-0.25, -0.2) is 9.37 Å². The van der Waals surface area contributed by atoms with Crippen LogP contribution in [-0.2, 0) is 4.79 Å². The van der Waals surface area contributed by atoms with E-state index in [0.29, 0.717) is 17.4 Å². The van der Waals surface area contributed by atoms with Gasteiger partial charge in [-0.2, -0.15) is 0 Å². The highest BCUT2D eigenvalue weighted by molar-refractivity contribution is 8.00. The molecule has 0 aliphatic rings. The van der Waals surface area contributed by atoms with Crippen LogP contribution in [0.15, 0.2) is 47.4 Å². The number of hydrogen-bond acceptors (Lipinski definition) is 6. The fourth-order valence-corrected chi connectivity index (χ4v) is 4.37. The van der Waals surface area contributed by atoms with Crippen LogP contribution >= 0.6 is 23.1 Å². The molecule has 148 valence electrons. The smallest absolute Gasteiger partial charge is 0.239 e.